The fraction of sp³-hybridized carbons (Fsp3) is 0.136. The van der Waals surface area contributed by atoms with Crippen molar-refractivity contribution < 1.29 is 13.2 Å². The Morgan fingerprint density at radius 3 is 2.58 bits per heavy atom. The standard InChI is InChI=1S/C22H20N4O3S2/c1-14-18(15(2)26(25-14)16-7-5-4-6-8-16)10-12-21(27)24-22-23-19-11-9-17(31(3,28)29)13-20(19)30-22/h4-13H,1-3H3,(H,23,24,27)/b12-10+. The third-order valence-electron chi connectivity index (χ3n) is 4.77. The number of hydrogen-bond donors (Lipinski definition) is 1. The van der Waals surface area contributed by atoms with Crippen LogP contribution in [-0.2, 0) is 14.6 Å². The van der Waals surface area contributed by atoms with Crippen molar-refractivity contribution in [3.63, 3.8) is 0 Å². The van der Waals surface area contributed by atoms with Crippen LogP contribution in [-0.4, -0.2) is 35.3 Å². The number of carbonyl (C=O) groups excluding carboxylic acids is 1. The van der Waals surface area contributed by atoms with Gasteiger partial charge in [0.1, 0.15) is 0 Å². The van der Waals surface area contributed by atoms with Crippen LogP contribution < -0.4 is 5.32 Å². The zero-order chi connectivity index (χ0) is 22.2. The average molecular weight is 453 g/mol. The number of amides is 1. The van der Waals surface area contributed by atoms with Crippen molar-refractivity contribution in [3.8, 4) is 5.69 Å². The molecule has 1 amide bonds. The summed E-state index contributed by atoms with van der Waals surface area (Å²) in [5.41, 5.74) is 4.21. The van der Waals surface area contributed by atoms with Crippen molar-refractivity contribution in [3.05, 3.63) is 71.6 Å². The molecule has 2 heterocycles. The molecule has 0 aliphatic heterocycles. The highest BCUT2D eigenvalue weighted by Crippen LogP contribution is 2.28. The van der Waals surface area contributed by atoms with Gasteiger partial charge in [-0.1, -0.05) is 29.5 Å². The van der Waals surface area contributed by atoms with Crippen LogP contribution in [0.5, 0.6) is 0 Å². The van der Waals surface area contributed by atoms with Crippen molar-refractivity contribution in [1.82, 2.24) is 14.8 Å². The highest BCUT2D eigenvalue weighted by Gasteiger charge is 2.13. The number of benzene rings is 2. The van der Waals surface area contributed by atoms with Crippen LogP contribution in [0.15, 0.2) is 59.5 Å². The Hall–Kier alpha value is -3.30. The van der Waals surface area contributed by atoms with Crippen LogP contribution in [0, 0.1) is 13.8 Å². The van der Waals surface area contributed by atoms with E-state index in [0.717, 1.165) is 28.9 Å². The molecule has 0 saturated carbocycles. The Labute approximate surface area is 184 Å². The lowest BCUT2D eigenvalue weighted by Gasteiger charge is -2.03. The van der Waals surface area contributed by atoms with Crippen molar-refractivity contribution in [1.29, 1.82) is 0 Å². The maximum absolute atomic E-state index is 12.4. The first-order chi connectivity index (χ1) is 14.7. The Bertz CT molecular complexity index is 1420. The molecule has 4 aromatic rings. The number of aromatic nitrogens is 3. The molecule has 1 N–H and O–H groups in total. The Kier molecular flexibility index (Phi) is 5.47. The zero-order valence-corrected chi connectivity index (χ0v) is 18.8. The second-order valence-electron chi connectivity index (χ2n) is 7.08. The van der Waals surface area contributed by atoms with Crippen LogP contribution in [0.4, 0.5) is 5.13 Å². The number of nitrogens with one attached hydrogen (secondary N) is 1. The summed E-state index contributed by atoms with van der Waals surface area (Å²) >= 11 is 1.23. The van der Waals surface area contributed by atoms with E-state index in [2.05, 4.69) is 15.4 Å². The van der Waals surface area contributed by atoms with E-state index in [4.69, 9.17) is 0 Å². The van der Waals surface area contributed by atoms with Gasteiger partial charge >= 0.3 is 0 Å². The number of rotatable bonds is 5. The number of para-hydroxylation sites is 1. The van der Waals surface area contributed by atoms with E-state index < -0.39 is 9.84 Å². The molecular formula is C22H20N4O3S2. The second kappa shape index (κ2) is 8.09. The zero-order valence-electron chi connectivity index (χ0n) is 17.2. The van der Waals surface area contributed by atoms with Gasteiger partial charge in [-0.25, -0.2) is 18.1 Å². The molecule has 0 bridgehead atoms. The van der Waals surface area contributed by atoms with Gasteiger partial charge in [0.05, 0.1) is 26.5 Å². The van der Waals surface area contributed by atoms with E-state index in [0.29, 0.717) is 15.3 Å². The summed E-state index contributed by atoms with van der Waals surface area (Å²) in [6.07, 6.45) is 4.34. The van der Waals surface area contributed by atoms with Crippen molar-refractivity contribution in [2.45, 2.75) is 18.7 Å². The number of fused-ring (bicyclic) bond motifs is 1. The topological polar surface area (TPSA) is 93.9 Å². The number of anilines is 1. The molecule has 0 aliphatic carbocycles. The molecule has 2 aromatic carbocycles. The van der Waals surface area contributed by atoms with Crippen LogP contribution in [0.25, 0.3) is 22.0 Å². The highest BCUT2D eigenvalue weighted by atomic mass is 32.2. The molecule has 0 atom stereocenters. The summed E-state index contributed by atoms with van der Waals surface area (Å²) in [5.74, 6) is -0.325. The van der Waals surface area contributed by atoms with E-state index in [9.17, 15) is 13.2 Å². The van der Waals surface area contributed by atoms with Crippen molar-refractivity contribution in [2.24, 2.45) is 0 Å². The van der Waals surface area contributed by atoms with Crippen LogP contribution in [0.3, 0.4) is 0 Å². The first kappa shape index (κ1) is 21.0. The smallest absolute Gasteiger partial charge is 0.250 e. The molecule has 0 aliphatic rings. The normalized spacial score (nSPS) is 12.0. The predicted molar refractivity (Wildman–Crippen MR) is 123 cm³/mol. The largest absolute Gasteiger partial charge is 0.298 e. The molecule has 0 spiro atoms. The van der Waals surface area contributed by atoms with Gasteiger partial charge in [-0.05, 0) is 50.3 Å². The van der Waals surface area contributed by atoms with Gasteiger partial charge in [0, 0.05) is 23.6 Å². The summed E-state index contributed by atoms with van der Waals surface area (Å²) in [4.78, 5) is 17.0. The second-order valence-corrected chi connectivity index (χ2v) is 10.1. The van der Waals surface area contributed by atoms with Crippen LogP contribution in [0.1, 0.15) is 17.0 Å². The summed E-state index contributed by atoms with van der Waals surface area (Å²) in [7, 11) is -3.30. The SMILES string of the molecule is Cc1nn(-c2ccccc2)c(C)c1/C=C/C(=O)Nc1nc2ccc(S(C)(=O)=O)cc2s1. The number of hydrogen-bond acceptors (Lipinski definition) is 6. The summed E-state index contributed by atoms with van der Waals surface area (Å²) in [5, 5.41) is 7.72. The monoisotopic (exact) mass is 452 g/mol. The van der Waals surface area contributed by atoms with Crippen LogP contribution in [0.2, 0.25) is 0 Å². The lowest BCUT2D eigenvalue weighted by Crippen LogP contribution is -2.07. The van der Waals surface area contributed by atoms with Gasteiger partial charge in [-0.2, -0.15) is 5.10 Å². The molecular weight excluding hydrogens is 432 g/mol. The molecule has 0 unspecified atom stereocenters. The van der Waals surface area contributed by atoms with E-state index in [1.807, 2.05) is 48.9 Å². The predicted octanol–water partition coefficient (Wildman–Crippen LogP) is 4.15. The maximum atomic E-state index is 12.4. The average Bonchev–Trinajstić information content (AvgIpc) is 3.25. The van der Waals surface area contributed by atoms with Gasteiger partial charge in [0.15, 0.2) is 15.0 Å². The lowest BCUT2D eigenvalue weighted by molar-refractivity contribution is -0.111. The number of sulfone groups is 1. The third-order valence-corrected chi connectivity index (χ3v) is 6.81. The lowest BCUT2D eigenvalue weighted by atomic mass is 10.2. The Morgan fingerprint density at radius 2 is 1.87 bits per heavy atom. The molecule has 0 fully saturated rings. The van der Waals surface area contributed by atoms with E-state index in [-0.39, 0.29) is 10.8 Å². The molecule has 0 radical (unpaired) electrons. The summed E-state index contributed by atoms with van der Waals surface area (Å²) < 4.78 is 26.0. The Morgan fingerprint density at radius 1 is 1.13 bits per heavy atom. The molecule has 2 aromatic heterocycles. The molecule has 4 rings (SSSR count). The fourth-order valence-electron chi connectivity index (χ4n) is 3.21. The van der Waals surface area contributed by atoms with Crippen molar-refractivity contribution >= 4 is 48.5 Å². The maximum Gasteiger partial charge on any atom is 0.250 e. The number of thiazole rings is 1. The molecule has 158 valence electrons. The fourth-order valence-corrected chi connectivity index (χ4v) is 4.84. The molecule has 7 nitrogen and oxygen atoms in total. The van der Waals surface area contributed by atoms with Crippen molar-refractivity contribution in [2.75, 3.05) is 11.6 Å². The highest BCUT2D eigenvalue weighted by molar-refractivity contribution is 7.90. The third kappa shape index (κ3) is 4.42. The molecule has 0 saturated heterocycles. The first-order valence-electron chi connectivity index (χ1n) is 9.44. The minimum Gasteiger partial charge on any atom is -0.298 e. The van der Waals surface area contributed by atoms with Gasteiger partial charge in [0.25, 0.3) is 0 Å². The van der Waals surface area contributed by atoms with E-state index in [1.54, 1.807) is 18.2 Å². The number of nitrogens with zero attached hydrogens (tertiary/aromatic N) is 3. The van der Waals surface area contributed by atoms with Crippen LogP contribution >= 0.6 is 11.3 Å². The van der Waals surface area contributed by atoms with Gasteiger partial charge in [0.2, 0.25) is 5.91 Å². The minimum absolute atomic E-state index is 0.225. The number of carbonyl (C=O) groups is 1. The van der Waals surface area contributed by atoms with Gasteiger partial charge in [-0.15, -0.1) is 0 Å². The summed E-state index contributed by atoms with van der Waals surface area (Å²) in [6, 6.07) is 14.5. The van der Waals surface area contributed by atoms with E-state index >= 15 is 0 Å². The quantitative estimate of drug-likeness (QED) is 0.459. The Balaban J connectivity index is 1.53. The molecule has 31 heavy (non-hydrogen) atoms. The van der Waals surface area contributed by atoms with Gasteiger partial charge < -0.3 is 0 Å². The minimum atomic E-state index is -3.30. The summed E-state index contributed by atoms with van der Waals surface area (Å²) in [6.45, 7) is 3.86. The van der Waals surface area contributed by atoms with E-state index in [1.165, 1.54) is 23.5 Å². The molecule has 9 heteroatoms. The first-order valence-corrected chi connectivity index (χ1v) is 12.1. The number of aryl methyl sites for hydroxylation is 1. The van der Waals surface area contributed by atoms with Gasteiger partial charge in [-0.3, -0.25) is 10.1 Å².